The average Bonchev–Trinajstić information content (AvgIpc) is 3.24. The minimum absolute atomic E-state index is 0.0580. The lowest BCUT2D eigenvalue weighted by Crippen LogP contribution is -2.12. The van der Waals surface area contributed by atoms with E-state index in [9.17, 15) is 17.9 Å². The van der Waals surface area contributed by atoms with Gasteiger partial charge >= 0.3 is 0 Å². The number of aliphatic hydroxyl groups excluding tert-OH is 1. The molecule has 0 fully saturated rings. The van der Waals surface area contributed by atoms with Crippen molar-refractivity contribution in [3.05, 3.63) is 95.0 Å². The van der Waals surface area contributed by atoms with E-state index in [1.54, 1.807) is 18.2 Å². The van der Waals surface area contributed by atoms with Crippen molar-refractivity contribution in [2.45, 2.75) is 24.7 Å². The van der Waals surface area contributed by atoms with Crippen LogP contribution in [0.15, 0.2) is 65.7 Å². The van der Waals surface area contributed by atoms with Crippen LogP contribution in [-0.4, -0.2) is 24.1 Å². The Hall–Kier alpha value is -3.74. The molecule has 4 rings (SSSR count). The molecule has 0 aliphatic rings. The molecule has 0 atom stereocenters. The molecule has 174 valence electrons. The summed E-state index contributed by atoms with van der Waals surface area (Å²) in [7, 11) is -3.99. The van der Waals surface area contributed by atoms with Gasteiger partial charge in [0.05, 0.1) is 17.0 Å². The van der Waals surface area contributed by atoms with E-state index >= 15 is 4.39 Å². The minimum atomic E-state index is -3.99. The Bertz CT molecular complexity index is 1520. The number of ether oxygens (including phenoxy) is 1. The highest BCUT2D eigenvalue weighted by molar-refractivity contribution is 7.90. The predicted molar refractivity (Wildman–Crippen MR) is 124 cm³/mol. The molecule has 0 saturated carbocycles. The van der Waals surface area contributed by atoms with Gasteiger partial charge < -0.3 is 9.84 Å². The predicted octanol–water partition coefficient (Wildman–Crippen LogP) is 5.73. The molecule has 0 saturated heterocycles. The maximum atomic E-state index is 15.3. The molecule has 0 aliphatic heterocycles. The lowest BCUT2D eigenvalue weighted by molar-refractivity contribution is 0.288. The van der Waals surface area contributed by atoms with E-state index in [0.29, 0.717) is 10.9 Å². The van der Waals surface area contributed by atoms with Gasteiger partial charge in [-0.05, 0) is 56.2 Å². The van der Waals surface area contributed by atoms with Gasteiger partial charge in [-0.15, -0.1) is 0 Å². The minimum Gasteiger partial charge on any atom is -0.455 e. The zero-order valence-corrected chi connectivity index (χ0v) is 18.9. The number of rotatable bonds is 7. The Morgan fingerprint density at radius 2 is 1.79 bits per heavy atom. The summed E-state index contributed by atoms with van der Waals surface area (Å²) in [6, 6.07) is 12.4. The molecule has 0 radical (unpaired) electrons. The quantitative estimate of drug-likeness (QED) is 0.341. The van der Waals surface area contributed by atoms with Crippen molar-refractivity contribution in [1.29, 1.82) is 0 Å². The molecule has 0 bridgehead atoms. The third kappa shape index (κ3) is 4.25. The van der Waals surface area contributed by atoms with Crippen LogP contribution in [0.1, 0.15) is 17.5 Å². The molecule has 1 aromatic heterocycles. The van der Waals surface area contributed by atoms with Crippen LogP contribution < -0.4 is 4.74 Å². The number of nitrogens with zero attached hydrogens (tertiary/aromatic N) is 2. The molecule has 1 N–H and O–H groups in total. The third-order valence-corrected chi connectivity index (χ3v) is 7.09. The Morgan fingerprint density at radius 1 is 1.06 bits per heavy atom. The SMILES string of the molecule is [C-]#[N+]c1cc(Oc2c(F)cc3c(ccn3S(=O)(=O)c3ccc(C)cc3)c2CCCO)ccc1F. The number of aryl methyl sites for hydroxylation is 2. The summed E-state index contributed by atoms with van der Waals surface area (Å²) < 4.78 is 62.2. The Labute approximate surface area is 195 Å². The second kappa shape index (κ2) is 9.25. The van der Waals surface area contributed by atoms with Crippen LogP contribution in [0.5, 0.6) is 11.5 Å². The van der Waals surface area contributed by atoms with E-state index in [1.807, 2.05) is 6.92 Å². The normalized spacial score (nSPS) is 11.5. The number of halogens is 2. The van der Waals surface area contributed by atoms with E-state index in [4.69, 9.17) is 11.3 Å². The van der Waals surface area contributed by atoms with Crippen molar-refractivity contribution >= 4 is 26.6 Å². The molecule has 34 heavy (non-hydrogen) atoms. The first-order chi connectivity index (χ1) is 16.3. The van der Waals surface area contributed by atoms with Crippen LogP contribution in [-0.2, 0) is 16.4 Å². The molecule has 1 heterocycles. The molecule has 6 nitrogen and oxygen atoms in total. The highest BCUT2D eigenvalue weighted by atomic mass is 32.2. The summed E-state index contributed by atoms with van der Waals surface area (Å²) in [5.41, 5.74) is 1.11. The smallest absolute Gasteiger partial charge is 0.268 e. The number of hydrogen-bond acceptors (Lipinski definition) is 4. The first-order valence-corrected chi connectivity index (χ1v) is 11.8. The van der Waals surface area contributed by atoms with E-state index in [1.165, 1.54) is 24.4 Å². The van der Waals surface area contributed by atoms with Gasteiger partial charge in [0.15, 0.2) is 11.6 Å². The summed E-state index contributed by atoms with van der Waals surface area (Å²) in [4.78, 5) is 3.14. The van der Waals surface area contributed by atoms with Gasteiger partial charge in [0.2, 0.25) is 5.69 Å². The molecular weight excluding hydrogens is 462 g/mol. The van der Waals surface area contributed by atoms with Gasteiger partial charge in [0.25, 0.3) is 10.0 Å². The molecule has 9 heteroatoms. The van der Waals surface area contributed by atoms with E-state index < -0.39 is 21.7 Å². The summed E-state index contributed by atoms with van der Waals surface area (Å²) in [5, 5.41) is 9.78. The third-order valence-electron chi connectivity index (χ3n) is 5.39. The van der Waals surface area contributed by atoms with Crippen LogP contribution in [0.2, 0.25) is 0 Å². The lowest BCUT2D eigenvalue weighted by atomic mass is 10.0. The molecule has 0 spiro atoms. The van der Waals surface area contributed by atoms with Gasteiger partial charge in [-0.3, -0.25) is 0 Å². The number of hydrogen-bond donors (Lipinski definition) is 1. The van der Waals surface area contributed by atoms with Gasteiger partial charge in [0.1, 0.15) is 11.6 Å². The second-order valence-corrected chi connectivity index (χ2v) is 9.50. The summed E-state index contributed by atoms with van der Waals surface area (Å²) in [5.74, 6) is -1.66. The maximum Gasteiger partial charge on any atom is 0.268 e. The Kier molecular flexibility index (Phi) is 6.37. The fourth-order valence-electron chi connectivity index (χ4n) is 3.68. The summed E-state index contributed by atoms with van der Waals surface area (Å²) in [6.45, 7) is 8.73. The Morgan fingerprint density at radius 3 is 2.47 bits per heavy atom. The van der Waals surface area contributed by atoms with Crippen molar-refractivity contribution in [3.8, 4) is 11.5 Å². The highest BCUT2D eigenvalue weighted by Gasteiger charge is 2.24. The highest BCUT2D eigenvalue weighted by Crippen LogP contribution is 2.38. The average molecular weight is 483 g/mol. The summed E-state index contributed by atoms with van der Waals surface area (Å²) in [6.07, 6.45) is 1.83. The van der Waals surface area contributed by atoms with Crippen LogP contribution in [0, 0.1) is 25.1 Å². The number of aromatic nitrogens is 1. The molecule has 0 unspecified atom stereocenters. The fourth-order valence-corrected chi connectivity index (χ4v) is 5.02. The van der Waals surface area contributed by atoms with Gasteiger partial charge in [-0.25, -0.2) is 26.0 Å². The first-order valence-electron chi connectivity index (χ1n) is 10.4. The maximum absolute atomic E-state index is 15.3. The van der Waals surface area contributed by atoms with Gasteiger partial charge in [-0.2, -0.15) is 0 Å². The number of aliphatic hydroxyl groups is 1. The summed E-state index contributed by atoms with van der Waals surface area (Å²) >= 11 is 0. The van der Waals surface area contributed by atoms with E-state index in [0.717, 1.165) is 27.7 Å². The van der Waals surface area contributed by atoms with Gasteiger partial charge in [-0.1, -0.05) is 17.7 Å². The van der Waals surface area contributed by atoms with Crippen molar-refractivity contribution in [3.63, 3.8) is 0 Å². The van der Waals surface area contributed by atoms with E-state index in [2.05, 4.69) is 4.85 Å². The second-order valence-electron chi connectivity index (χ2n) is 7.68. The van der Waals surface area contributed by atoms with Crippen molar-refractivity contribution in [1.82, 2.24) is 3.97 Å². The van der Waals surface area contributed by atoms with Crippen LogP contribution in [0.3, 0.4) is 0 Å². The van der Waals surface area contributed by atoms with Crippen molar-refractivity contribution in [2.24, 2.45) is 0 Å². The van der Waals surface area contributed by atoms with Crippen LogP contribution >= 0.6 is 0 Å². The molecule has 0 aliphatic carbocycles. The van der Waals surface area contributed by atoms with Crippen molar-refractivity contribution < 1.29 is 27.0 Å². The lowest BCUT2D eigenvalue weighted by Gasteiger charge is -2.15. The van der Waals surface area contributed by atoms with Gasteiger partial charge in [0, 0.05) is 29.8 Å². The van der Waals surface area contributed by atoms with Crippen molar-refractivity contribution in [2.75, 3.05) is 6.61 Å². The first kappa shape index (κ1) is 23.4. The Balaban J connectivity index is 1.87. The largest absolute Gasteiger partial charge is 0.455 e. The number of fused-ring (bicyclic) bond motifs is 1. The van der Waals surface area contributed by atoms with E-state index in [-0.39, 0.29) is 47.0 Å². The monoisotopic (exact) mass is 482 g/mol. The molecule has 3 aromatic carbocycles. The molecule has 4 aromatic rings. The zero-order chi connectivity index (χ0) is 24.5. The standard InChI is InChI=1S/C25H20F2N2O4S/c1-16-5-8-18(9-6-16)34(31,32)29-12-11-19-20(4-3-13-30)25(22(27)15-24(19)29)33-17-7-10-21(26)23(14-17)28-2/h5-12,14-15,30H,3-4,13H2,1H3. The number of benzene rings is 3. The fraction of sp³-hybridized carbons (Fsp3) is 0.160. The molecule has 0 amide bonds. The van der Waals surface area contributed by atoms with Crippen LogP contribution in [0.25, 0.3) is 15.7 Å². The van der Waals surface area contributed by atoms with Crippen LogP contribution in [0.4, 0.5) is 14.5 Å². The zero-order valence-electron chi connectivity index (χ0n) is 18.1. The topological polar surface area (TPSA) is 72.9 Å². The molecular formula is C25H20F2N2O4S.